The van der Waals surface area contributed by atoms with Gasteiger partial charge < -0.3 is 10.2 Å². The molecule has 0 spiro atoms. The Morgan fingerprint density at radius 2 is 1.48 bits per heavy atom. The number of hydrogen-bond acceptors (Lipinski definition) is 3. The molecule has 1 heterocycles. The predicted molar refractivity (Wildman–Crippen MR) is 190 cm³/mol. The molecule has 1 aliphatic heterocycles. The lowest BCUT2D eigenvalue weighted by molar-refractivity contribution is -0.138. The Morgan fingerprint density at radius 3 is 2.20 bits per heavy atom. The number of fused-ring (bicyclic) bond motifs is 4. The number of nitrogens with one attached hydrogen (secondary N) is 1. The maximum Gasteiger partial charge on any atom is 0.416 e. The quantitative estimate of drug-likeness (QED) is 0.164. The predicted octanol–water partition coefficient (Wildman–Crippen LogP) is 11.8. The Morgan fingerprint density at radius 1 is 0.826 bits per heavy atom. The Labute approximate surface area is 274 Å². The normalized spacial score (nSPS) is 15.3. The number of hydrogen-bond donors (Lipinski definition) is 1. The van der Waals surface area contributed by atoms with Crippen LogP contribution in [0.25, 0.3) is 21.5 Å². The van der Waals surface area contributed by atoms with Gasteiger partial charge in [-0.2, -0.15) is 13.2 Å². The fourth-order valence-electron chi connectivity index (χ4n) is 6.67. The Balaban J connectivity index is 1.55. The van der Waals surface area contributed by atoms with Gasteiger partial charge in [-0.15, -0.1) is 0 Å². The number of rotatable bonds is 10. The van der Waals surface area contributed by atoms with E-state index in [1.807, 2.05) is 12.1 Å². The summed E-state index contributed by atoms with van der Waals surface area (Å²) in [6, 6.07) is 31.0. The fourth-order valence-corrected chi connectivity index (χ4v) is 7.96. The SMILES string of the molecule is C=C(C=C1Sc2c(ccc3ccccc23)N1CCC)C(C)(Cc1ccccc1C(F)(F)F)c1c(NCCC)ccc2ccccc12. The van der Waals surface area contributed by atoms with Crippen molar-refractivity contribution in [2.75, 3.05) is 23.3 Å². The molecule has 0 amide bonds. The number of nitrogens with zero attached hydrogens (tertiary/aromatic N) is 1. The van der Waals surface area contributed by atoms with Crippen LogP contribution in [-0.2, 0) is 18.0 Å². The molecule has 0 aromatic heterocycles. The minimum absolute atomic E-state index is 0.133. The van der Waals surface area contributed by atoms with E-state index in [4.69, 9.17) is 0 Å². The summed E-state index contributed by atoms with van der Waals surface area (Å²) in [6.45, 7) is 12.6. The van der Waals surface area contributed by atoms with Crippen molar-refractivity contribution >= 4 is 44.7 Å². The summed E-state index contributed by atoms with van der Waals surface area (Å²) in [4.78, 5) is 3.53. The van der Waals surface area contributed by atoms with Crippen LogP contribution in [0.2, 0.25) is 0 Å². The van der Waals surface area contributed by atoms with Crippen molar-refractivity contribution < 1.29 is 13.2 Å². The molecule has 6 rings (SSSR count). The molecule has 0 saturated carbocycles. The van der Waals surface area contributed by atoms with E-state index in [0.29, 0.717) is 0 Å². The number of halogens is 3. The highest BCUT2D eigenvalue weighted by Crippen LogP contribution is 2.52. The summed E-state index contributed by atoms with van der Waals surface area (Å²) < 4.78 is 43.2. The van der Waals surface area contributed by atoms with Crippen LogP contribution in [-0.4, -0.2) is 13.1 Å². The van der Waals surface area contributed by atoms with Gasteiger partial charge in [-0.3, -0.25) is 0 Å². The molecule has 1 aliphatic rings. The van der Waals surface area contributed by atoms with Crippen molar-refractivity contribution in [2.24, 2.45) is 0 Å². The van der Waals surface area contributed by atoms with Gasteiger partial charge in [0.2, 0.25) is 0 Å². The molecule has 1 atom stereocenters. The fraction of sp³-hybridized carbons (Fsp3) is 0.250. The van der Waals surface area contributed by atoms with E-state index in [9.17, 15) is 13.2 Å². The first-order valence-corrected chi connectivity index (χ1v) is 16.8. The van der Waals surface area contributed by atoms with Gasteiger partial charge in [-0.05, 0) is 81.8 Å². The molecule has 6 heteroatoms. The van der Waals surface area contributed by atoms with Crippen molar-refractivity contribution in [2.45, 2.75) is 56.5 Å². The van der Waals surface area contributed by atoms with Crippen molar-refractivity contribution in [3.8, 4) is 0 Å². The molecule has 5 aromatic rings. The third kappa shape index (κ3) is 5.91. The molecule has 0 radical (unpaired) electrons. The molecule has 0 saturated heterocycles. The summed E-state index contributed by atoms with van der Waals surface area (Å²) in [6.07, 6.45) is -0.354. The van der Waals surface area contributed by atoms with Crippen molar-refractivity contribution in [3.63, 3.8) is 0 Å². The van der Waals surface area contributed by atoms with Crippen molar-refractivity contribution in [3.05, 3.63) is 137 Å². The Bertz CT molecular complexity index is 1940. The van der Waals surface area contributed by atoms with Crippen LogP contribution < -0.4 is 10.2 Å². The molecule has 1 unspecified atom stereocenters. The highest BCUT2D eigenvalue weighted by molar-refractivity contribution is 8.04. The van der Waals surface area contributed by atoms with Gasteiger partial charge in [-0.1, -0.05) is 118 Å². The summed E-state index contributed by atoms with van der Waals surface area (Å²) in [5, 5.41) is 9.07. The first-order valence-electron chi connectivity index (χ1n) is 15.9. The second-order valence-electron chi connectivity index (χ2n) is 12.2. The lowest BCUT2D eigenvalue weighted by Gasteiger charge is -2.36. The summed E-state index contributed by atoms with van der Waals surface area (Å²) in [7, 11) is 0. The maximum atomic E-state index is 14.4. The first-order chi connectivity index (χ1) is 22.2. The van der Waals surface area contributed by atoms with Gasteiger partial charge in [0.15, 0.2) is 0 Å². The van der Waals surface area contributed by atoms with Crippen LogP contribution in [0.3, 0.4) is 0 Å². The average Bonchev–Trinajstić information content (AvgIpc) is 3.40. The van der Waals surface area contributed by atoms with Gasteiger partial charge >= 0.3 is 6.18 Å². The molecular weight excluding hydrogens is 598 g/mol. The second kappa shape index (κ2) is 12.9. The number of alkyl halides is 3. The smallest absolute Gasteiger partial charge is 0.385 e. The highest BCUT2D eigenvalue weighted by Gasteiger charge is 2.39. The monoisotopic (exact) mass is 636 g/mol. The van der Waals surface area contributed by atoms with Gasteiger partial charge in [0.25, 0.3) is 0 Å². The zero-order chi connectivity index (χ0) is 32.5. The van der Waals surface area contributed by atoms with Crippen LogP contribution in [0.15, 0.2) is 125 Å². The van der Waals surface area contributed by atoms with Crippen molar-refractivity contribution in [1.82, 2.24) is 0 Å². The van der Waals surface area contributed by atoms with Crippen LogP contribution in [0.1, 0.15) is 50.3 Å². The molecular formula is C40H39F3N2S. The Hall–Kier alpha value is -4.16. The average molecular weight is 637 g/mol. The van der Waals surface area contributed by atoms with E-state index < -0.39 is 17.2 Å². The molecule has 0 aliphatic carbocycles. The topological polar surface area (TPSA) is 15.3 Å². The van der Waals surface area contributed by atoms with Gasteiger partial charge in [0.1, 0.15) is 0 Å². The molecule has 46 heavy (non-hydrogen) atoms. The largest absolute Gasteiger partial charge is 0.416 e. The van der Waals surface area contributed by atoms with E-state index in [1.165, 1.54) is 27.8 Å². The molecule has 5 aromatic carbocycles. The van der Waals surface area contributed by atoms with Crippen LogP contribution >= 0.6 is 11.8 Å². The van der Waals surface area contributed by atoms with E-state index in [0.717, 1.165) is 64.2 Å². The first kappa shape index (κ1) is 31.8. The Kier molecular flexibility index (Phi) is 8.93. The van der Waals surface area contributed by atoms with E-state index in [-0.39, 0.29) is 12.0 Å². The van der Waals surface area contributed by atoms with Crippen LogP contribution in [0.5, 0.6) is 0 Å². The standard InChI is InChI=1S/C40H39F3N2S/c1-5-23-44-34-21-19-28-13-7-10-16-31(28)37(34)39(4,26-30-15-9-12-18-33(30)40(41,42)43)27(3)25-36-45(24-6-2)35-22-20-29-14-8-11-17-32(29)38(35)46-36/h7-22,25,44H,3,5-6,23-24,26H2,1-2,4H3. The highest BCUT2D eigenvalue weighted by atomic mass is 32.2. The maximum absolute atomic E-state index is 14.4. The molecule has 2 nitrogen and oxygen atoms in total. The van der Waals surface area contributed by atoms with E-state index >= 15 is 0 Å². The third-order valence-electron chi connectivity index (χ3n) is 8.99. The summed E-state index contributed by atoms with van der Waals surface area (Å²) >= 11 is 1.72. The zero-order valence-electron chi connectivity index (χ0n) is 26.5. The minimum Gasteiger partial charge on any atom is -0.385 e. The number of anilines is 2. The van der Waals surface area contributed by atoms with Gasteiger partial charge in [-0.25, -0.2) is 0 Å². The minimum atomic E-state index is -4.47. The van der Waals surface area contributed by atoms with Crippen LogP contribution in [0.4, 0.5) is 24.5 Å². The number of allylic oxidation sites excluding steroid dienone is 2. The number of benzene rings is 5. The summed E-state index contributed by atoms with van der Waals surface area (Å²) in [5.41, 5.74) is 2.57. The third-order valence-corrected chi connectivity index (χ3v) is 10.2. The van der Waals surface area contributed by atoms with Gasteiger partial charge in [0.05, 0.1) is 16.3 Å². The molecule has 0 fully saturated rings. The summed E-state index contributed by atoms with van der Waals surface area (Å²) in [5.74, 6) is 0. The second-order valence-corrected chi connectivity index (χ2v) is 13.2. The molecule has 236 valence electrons. The van der Waals surface area contributed by atoms with Crippen molar-refractivity contribution in [1.29, 1.82) is 0 Å². The lowest BCUT2D eigenvalue weighted by Crippen LogP contribution is -2.30. The lowest BCUT2D eigenvalue weighted by atomic mass is 9.69. The van der Waals surface area contributed by atoms with E-state index in [1.54, 1.807) is 23.9 Å². The van der Waals surface area contributed by atoms with Gasteiger partial charge in [0, 0.05) is 29.1 Å². The molecule has 1 N–H and O–H groups in total. The van der Waals surface area contributed by atoms with Crippen LogP contribution in [0, 0.1) is 0 Å². The zero-order valence-corrected chi connectivity index (χ0v) is 27.4. The number of thioether (sulfide) groups is 1. The molecule has 0 bridgehead atoms. The van der Waals surface area contributed by atoms with E-state index in [2.05, 4.69) is 104 Å².